The van der Waals surface area contributed by atoms with Gasteiger partial charge in [-0.2, -0.15) is 10.2 Å². The number of nitrogens with zero attached hydrogens (tertiary/aromatic N) is 2. The van der Waals surface area contributed by atoms with Crippen molar-refractivity contribution in [3.05, 3.63) is 25.3 Å². The lowest BCUT2D eigenvalue weighted by Gasteiger charge is -2.14. The van der Waals surface area contributed by atoms with Gasteiger partial charge in [-0.1, -0.05) is 63.5 Å². The second-order valence-corrected chi connectivity index (χ2v) is 10.7. The Morgan fingerprint density at radius 1 is 0.629 bits per heavy atom. The van der Waals surface area contributed by atoms with Crippen molar-refractivity contribution in [2.45, 2.75) is 127 Å². The van der Waals surface area contributed by atoms with E-state index in [-0.39, 0.29) is 22.3 Å². The average molecular weight is 507 g/mol. The Hall–Kier alpha value is -1.89. The lowest BCUT2D eigenvalue weighted by molar-refractivity contribution is -0.120. The summed E-state index contributed by atoms with van der Waals surface area (Å²) in [4.78, 5) is 24.4. The SMILES string of the molecule is C=CCCCCCCCC/C=N/NC(=O)C(C)SC(C)C(=O)N/N=C/CCCCCCCCC=C. The molecule has 0 bridgehead atoms. The Morgan fingerprint density at radius 2 is 0.943 bits per heavy atom. The molecule has 2 atom stereocenters. The summed E-state index contributed by atoms with van der Waals surface area (Å²) in [5.41, 5.74) is 5.15. The molecule has 0 aromatic heterocycles. The van der Waals surface area contributed by atoms with Crippen LogP contribution in [0.4, 0.5) is 0 Å². The number of carbonyl (C=O) groups is 2. The Balaban J connectivity index is 3.79. The zero-order valence-corrected chi connectivity index (χ0v) is 23.1. The Labute approximate surface area is 218 Å². The van der Waals surface area contributed by atoms with Gasteiger partial charge in [-0.3, -0.25) is 9.59 Å². The van der Waals surface area contributed by atoms with Crippen molar-refractivity contribution in [2.75, 3.05) is 0 Å². The maximum absolute atomic E-state index is 12.2. The summed E-state index contributed by atoms with van der Waals surface area (Å²) in [6, 6.07) is 0. The highest BCUT2D eigenvalue weighted by atomic mass is 32.2. The molecule has 0 aromatic rings. The van der Waals surface area contributed by atoms with Gasteiger partial charge in [0, 0.05) is 12.4 Å². The van der Waals surface area contributed by atoms with Gasteiger partial charge in [-0.25, -0.2) is 10.9 Å². The number of allylic oxidation sites excluding steroid dienone is 2. The van der Waals surface area contributed by atoms with E-state index in [9.17, 15) is 9.59 Å². The molecule has 6 nitrogen and oxygen atoms in total. The molecule has 0 saturated carbocycles. The van der Waals surface area contributed by atoms with Crippen molar-refractivity contribution in [1.82, 2.24) is 10.9 Å². The number of carbonyl (C=O) groups excluding carboxylic acids is 2. The Morgan fingerprint density at radius 3 is 1.29 bits per heavy atom. The minimum atomic E-state index is -0.376. The fraction of sp³-hybridized carbons (Fsp3) is 0.714. The lowest BCUT2D eigenvalue weighted by Crippen LogP contribution is -2.33. The molecule has 0 aromatic carbocycles. The number of amides is 2. The third kappa shape index (κ3) is 22.3. The molecule has 0 aliphatic heterocycles. The normalized spacial score (nSPS) is 13.1. The van der Waals surface area contributed by atoms with Crippen LogP contribution in [0.15, 0.2) is 35.5 Å². The summed E-state index contributed by atoms with van der Waals surface area (Å²) in [6.45, 7) is 11.1. The molecular weight excluding hydrogens is 456 g/mol. The maximum atomic E-state index is 12.2. The molecule has 0 saturated heterocycles. The summed E-state index contributed by atoms with van der Waals surface area (Å²) in [7, 11) is 0. The van der Waals surface area contributed by atoms with Gasteiger partial charge in [-0.05, 0) is 65.2 Å². The highest BCUT2D eigenvalue weighted by Crippen LogP contribution is 2.18. The molecule has 2 amide bonds. The van der Waals surface area contributed by atoms with Crippen molar-refractivity contribution in [3.8, 4) is 0 Å². The first kappa shape index (κ1) is 33.1. The zero-order valence-electron chi connectivity index (χ0n) is 22.3. The fourth-order valence-corrected chi connectivity index (χ4v) is 4.39. The van der Waals surface area contributed by atoms with Gasteiger partial charge in [-0.15, -0.1) is 24.9 Å². The number of nitrogens with one attached hydrogen (secondary N) is 2. The van der Waals surface area contributed by atoms with Crippen LogP contribution in [0.1, 0.15) is 117 Å². The van der Waals surface area contributed by atoms with Crippen molar-refractivity contribution < 1.29 is 9.59 Å². The molecule has 0 aliphatic rings. The zero-order chi connectivity index (χ0) is 26.0. The van der Waals surface area contributed by atoms with Gasteiger partial charge >= 0.3 is 0 Å². The molecule has 2 unspecified atom stereocenters. The summed E-state index contributed by atoms with van der Waals surface area (Å²) >= 11 is 1.30. The molecule has 0 spiro atoms. The van der Waals surface area contributed by atoms with Crippen molar-refractivity contribution in [2.24, 2.45) is 10.2 Å². The fourth-order valence-electron chi connectivity index (χ4n) is 3.42. The number of unbranched alkanes of at least 4 members (excludes halogenated alkanes) is 14. The van der Waals surface area contributed by atoms with Crippen LogP contribution in [-0.4, -0.2) is 34.7 Å². The minimum Gasteiger partial charge on any atom is -0.272 e. The molecular formula is C28H50N4O2S. The summed E-state index contributed by atoms with van der Waals surface area (Å²) < 4.78 is 0. The monoisotopic (exact) mass is 506 g/mol. The van der Waals surface area contributed by atoms with E-state index in [1.54, 1.807) is 26.3 Å². The van der Waals surface area contributed by atoms with E-state index in [1.165, 1.54) is 76.0 Å². The highest BCUT2D eigenvalue weighted by Gasteiger charge is 2.21. The van der Waals surface area contributed by atoms with Crippen LogP contribution >= 0.6 is 11.8 Å². The third-order valence-electron chi connectivity index (χ3n) is 5.66. The Kier molecular flexibility index (Phi) is 23.8. The summed E-state index contributed by atoms with van der Waals surface area (Å²) in [6.07, 6.45) is 26.0. The largest absolute Gasteiger partial charge is 0.272 e. The standard InChI is InChI=1S/C28H50N4O2S/c1-5-7-9-11-13-15-17-19-21-23-29-31-27(33)25(3)35-26(4)28(34)32-30-24-22-20-18-16-14-12-10-8-6-2/h5-6,23-26H,1-2,7-22H2,3-4H3,(H,31,33)(H,32,34)/b29-23+,30-24+. The molecule has 0 radical (unpaired) electrons. The number of thioether (sulfide) groups is 1. The molecule has 7 heteroatoms. The second kappa shape index (κ2) is 25.2. The molecule has 0 rings (SSSR count). The van der Waals surface area contributed by atoms with E-state index >= 15 is 0 Å². The number of hydrazone groups is 2. The van der Waals surface area contributed by atoms with Crippen molar-refractivity contribution >= 4 is 36.0 Å². The lowest BCUT2D eigenvalue weighted by atomic mass is 10.1. The second-order valence-electron chi connectivity index (χ2n) is 8.97. The van der Waals surface area contributed by atoms with Crippen LogP contribution in [0.25, 0.3) is 0 Å². The van der Waals surface area contributed by atoms with Crippen LogP contribution in [0.3, 0.4) is 0 Å². The van der Waals surface area contributed by atoms with E-state index in [4.69, 9.17) is 0 Å². The van der Waals surface area contributed by atoms with Crippen LogP contribution in [0.2, 0.25) is 0 Å². The quantitative estimate of drug-likeness (QED) is 0.0623. The first-order valence-corrected chi connectivity index (χ1v) is 14.5. The molecule has 0 fully saturated rings. The Bertz CT molecular complexity index is 570. The van der Waals surface area contributed by atoms with Crippen molar-refractivity contribution in [3.63, 3.8) is 0 Å². The van der Waals surface area contributed by atoms with E-state index in [2.05, 4.69) is 34.2 Å². The van der Waals surface area contributed by atoms with E-state index < -0.39 is 0 Å². The molecule has 35 heavy (non-hydrogen) atoms. The smallest absolute Gasteiger partial charge is 0.252 e. The average Bonchev–Trinajstić information content (AvgIpc) is 2.85. The van der Waals surface area contributed by atoms with Crippen LogP contribution in [0, 0.1) is 0 Å². The van der Waals surface area contributed by atoms with Crippen LogP contribution in [-0.2, 0) is 9.59 Å². The van der Waals surface area contributed by atoms with Gasteiger partial charge in [0.05, 0.1) is 10.5 Å². The maximum Gasteiger partial charge on any atom is 0.252 e. The minimum absolute atomic E-state index is 0.193. The molecule has 0 heterocycles. The number of hydrogen-bond donors (Lipinski definition) is 2. The van der Waals surface area contributed by atoms with Gasteiger partial charge in [0.15, 0.2) is 0 Å². The van der Waals surface area contributed by atoms with E-state index in [0.717, 1.165) is 38.5 Å². The number of hydrogen-bond acceptors (Lipinski definition) is 5. The molecule has 2 N–H and O–H groups in total. The highest BCUT2D eigenvalue weighted by molar-refractivity contribution is 8.01. The predicted octanol–water partition coefficient (Wildman–Crippen LogP) is 7.31. The topological polar surface area (TPSA) is 82.9 Å². The molecule has 200 valence electrons. The van der Waals surface area contributed by atoms with E-state index in [0.29, 0.717) is 0 Å². The summed E-state index contributed by atoms with van der Waals surface area (Å²) in [5.74, 6) is -0.387. The van der Waals surface area contributed by atoms with Gasteiger partial charge in [0.2, 0.25) is 0 Å². The summed E-state index contributed by atoms with van der Waals surface area (Å²) in [5, 5.41) is 7.32. The third-order valence-corrected chi connectivity index (χ3v) is 6.91. The first-order valence-electron chi connectivity index (χ1n) is 13.5. The van der Waals surface area contributed by atoms with Crippen molar-refractivity contribution in [1.29, 1.82) is 0 Å². The van der Waals surface area contributed by atoms with E-state index in [1.807, 2.05) is 12.2 Å². The first-order chi connectivity index (χ1) is 17.0. The van der Waals surface area contributed by atoms with Gasteiger partial charge in [0.25, 0.3) is 11.8 Å². The predicted molar refractivity (Wildman–Crippen MR) is 154 cm³/mol. The van der Waals surface area contributed by atoms with Crippen LogP contribution < -0.4 is 10.9 Å². The van der Waals surface area contributed by atoms with Gasteiger partial charge < -0.3 is 0 Å². The number of rotatable bonds is 24. The van der Waals surface area contributed by atoms with Gasteiger partial charge in [0.1, 0.15) is 0 Å². The van der Waals surface area contributed by atoms with Crippen LogP contribution in [0.5, 0.6) is 0 Å². The molecule has 0 aliphatic carbocycles.